The minimum atomic E-state index is -0.199. The second-order valence-electron chi connectivity index (χ2n) is 3.99. The monoisotopic (exact) mass is 281 g/mol. The topological polar surface area (TPSA) is 85.8 Å². The summed E-state index contributed by atoms with van der Waals surface area (Å²) in [5, 5.41) is 6.95. The largest absolute Gasteiger partial charge is 0.325 e. The first kappa shape index (κ1) is 15.1. The van der Waals surface area contributed by atoms with Crippen LogP contribution in [-0.4, -0.2) is 20.7 Å². The predicted molar refractivity (Wildman–Crippen MR) is 75.3 cm³/mol. The number of pyridine rings is 1. The third kappa shape index (κ3) is 3.52. The first-order valence-electron chi connectivity index (χ1n) is 5.57. The fourth-order valence-corrected chi connectivity index (χ4v) is 1.65. The van der Waals surface area contributed by atoms with Crippen LogP contribution in [0.5, 0.6) is 0 Å². The number of hydrogen-bond acceptors (Lipinski definition) is 4. The molecule has 2 aromatic rings. The molecule has 0 saturated carbocycles. The molecule has 6 nitrogen and oxygen atoms in total. The summed E-state index contributed by atoms with van der Waals surface area (Å²) in [7, 11) is 1.78. The number of rotatable bonds is 3. The lowest BCUT2D eigenvalue weighted by Gasteiger charge is -2.05. The Morgan fingerprint density at radius 2 is 2.21 bits per heavy atom. The highest BCUT2D eigenvalue weighted by Crippen LogP contribution is 2.10. The molecule has 0 aliphatic heterocycles. The molecule has 0 spiro atoms. The van der Waals surface area contributed by atoms with Crippen LogP contribution in [0.2, 0.25) is 0 Å². The minimum Gasteiger partial charge on any atom is -0.325 e. The molecule has 102 valence electrons. The van der Waals surface area contributed by atoms with Crippen molar-refractivity contribution in [1.29, 1.82) is 0 Å². The Kier molecular flexibility index (Phi) is 5.02. The average Bonchev–Trinajstić information content (AvgIpc) is 2.68. The zero-order valence-electron chi connectivity index (χ0n) is 10.8. The summed E-state index contributed by atoms with van der Waals surface area (Å²) in [5.74, 6) is 0.457. The van der Waals surface area contributed by atoms with Crippen LogP contribution in [-0.2, 0) is 13.6 Å². The van der Waals surface area contributed by atoms with Crippen LogP contribution in [0, 0.1) is 6.92 Å². The quantitative estimate of drug-likeness (QED) is 0.887. The maximum Gasteiger partial charge on any atom is 0.256 e. The smallest absolute Gasteiger partial charge is 0.256 e. The molecule has 0 bridgehead atoms. The Labute approximate surface area is 117 Å². The lowest BCUT2D eigenvalue weighted by Crippen LogP contribution is -2.15. The summed E-state index contributed by atoms with van der Waals surface area (Å²) in [4.78, 5) is 16.1. The summed E-state index contributed by atoms with van der Waals surface area (Å²) in [6.45, 7) is 2.18. The van der Waals surface area contributed by atoms with Crippen molar-refractivity contribution in [2.45, 2.75) is 13.5 Å². The van der Waals surface area contributed by atoms with Crippen molar-refractivity contribution in [2.75, 3.05) is 5.32 Å². The number of aryl methyl sites for hydroxylation is 2. The van der Waals surface area contributed by atoms with Crippen LogP contribution in [0.15, 0.2) is 24.4 Å². The van der Waals surface area contributed by atoms with Crippen molar-refractivity contribution in [1.82, 2.24) is 14.8 Å². The highest BCUT2D eigenvalue weighted by atomic mass is 35.5. The summed E-state index contributed by atoms with van der Waals surface area (Å²) in [6, 6.07) is 5.14. The number of carbonyl (C=O) groups is 1. The van der Waals surface area contributed by atoms with Crippen LogP contribution in [0.4, 0.5) is 5.82 Å². The molecule has 2 aromatic heterocycles. The molecule has 0 aliphatic carbocycles. The van der Waals surface area contributed by atoms with Gasteiger partial charge >= 0.3 is 0 Å². The van der Waals surface area contributed by atoms with Gasteiger partial charge in [0.25, 0.3) is 5.91 Å². The predicted octanol–water partition coefficient (Wildman–Crippen LogP) is 1.26. The van der Waals surface area contributed by atoms with Gasteiger partial charge in [-0.05, 0) is 19.1 Å². The van der Waals surface area contributed by atoms with E-state index < -0.39 is 0 Å². The van der Waals surface area contributed by atoms with Gasteiger partial charge < -0.3 is 11.1 Å². The average molecular weight is 282 g/mol. The number of hydrogen-bond donors (Lipinski definition) is 2. The van der Waals surface area contributed by atoms with Crippen LogP contribution in [0.1, 0.15) is 21.7 Å². The summed E-state index contributed by atoms with van der Waals surface area (Å²) < 4.78 is 1.62. The molecule has 2 heterocycles. The van der Waals surface area contributed by atoms with Gasteiger partial charge in [0, 0.05) is 31.4 Å². The van der Waals surface area contributed by atoms with Crippen molar-refractivity contribution in [3.63, 3.8) is 0 Å². The zero-order valence-corrected chi connectivity index (χ0v) is 11.6. The van der Waals surface area contributed by atoms with Crippen molar-refractivity contribution in [3.8, 4) is 0 Å². The minimum absolute atomic E-state index is 0. The summed E-state index contributed by atoms with van der Waals surface area (Å²) in [6.07, 6.45) is 1.58. The Hall–Kier alpha value is -1.92. The summed E-state index contributed by atoms with van der Waals surface area (Å²) in [5.41, 5.74) is 7.56. The zero-order chi connectivity index (χ0) is 13.1. The van der Waals surface area contributed by atoms with Gasteiger partial charge in [-0.25, -0.2) is 0 Å². The van der Waals surface area contributed by atoms with E-state index in [1.807, 2.05) is 13.0 Å². The molecule has 2 rings (SSSR count). The van der Waals surface area contributed by atoms with E-state index >= 15 is 0 Å². The molecule has 0 saturated heterocycles. The molecule has 1 amide bonds. The van der Waals surface area contributed by atoms with E-state index in [9.17, 15) is 4.79 Å². The molecule has 3 N–H and O–H groups in total. The third-order valence-corrected chi connectivity index (χ3v) is 2.53. The highest BCUT2D eigenvalue weighted by Gasteiger charge is 2.09. The van der Waals surface area contributed by atoms with Gasteiger partial charge in [-0.2, -0.15) is 5.10 Å². The Morgan fingerprint density at radius 1 is 1.47 bits per heavy atom. The number of anilines is 1. The third-order valence-electron chi connectivity index (χ3n) is 2.53. The number of aromatic nitrogens is 3. The van der Waals surface area contributed by atoms with Crippen LogP contribution < -0.4 is 11.1 Å². The van der Waals surface area contributed by atoms with Gasteiger partial charge in [-0.15, -0.1) is 12.4 Å². The van der Waals surface area contributed by atoms with E-state index in [2.05, 4.69) is 15.4 Å². The van der Waals surface area contributed by atoms with Gasteiger partial charge in [-0.1, -0.05) is 0 Å². The second-order valence-corrected chi connectivity index (χ2v) is 3.99. The molecule has 0 unspecified atom stereocenters. The van der Waals surface area contributed by atoms with Crippen molar-refractivity contribution in [3.05, 3.63) is 41.3 Å². The van der Waals surface area contributed by atoms with Gasteiger partial charge in [0.2, 0.25) is 0 Å². The first-order chi connectivity index (χ1) is 8.60. The summed E-state index contributed by atoms with van der Waals surface area (Å²) >= 11 is 0. The van der Waals surface area contributed by atoms with Gasteiger partial charge in [0.05, 0.1) is 11.4 Å². The van der Waals surface area contributed by atoms with E-state index in [-0.39, 0.29) is 18.3 Å². The lowest BCUT2D eigenvalue weighted by atomic mass is 10.2. The molecular formula is C12H16ClN5O. The van der Waals surface area contributed by atoms with E-state index in [0.29, 0.717) is 23.6 Å². The first-order valence-corrected chi connectivity index (χ1v) is 5.57. The van der Waals surface area contributed by atoms with E-state index in [1.165, 1.54) is 0 Å². The van der Waals surface area contributed by atoms with Gasteiger partial charge in [0.15, 0.2) is 0 Å². The van der Waals surface area contributed by atoms with Crippen molar-refractivity contribution in [2.24, 2.45) is 12.8 Å². The van der Waals surface area contributed by atoms with Crippen molar-refractivity contribution >= 4 is 24.1 Å². The molecule has 0 aromatic carbocycles. The number of carbonyl (C=O) groups excluding carboxylic acids is 1. The van der Waals surface area contributed by atoms with E-state index in [1.54, 1.807) is 30.1 Å². The molecule has 7 heteroatoms. The lowest BCUT2D eigenvalue weighted by molar-refractivity contribution is 0.102. The molecule has 0 fully saturated rings. The number of nitrogens with zero attached hydrogens (tertiary/aromatic N) is 3. The van der Waals surface area contributed by atoms with Crippen LogP contribution in [0.25, 0.3) is 0 Å². The fraction of sp³-hybridized carbons (Fsp3) is 0.250. The maximum absolute atomic E-state index is 12.0. The Morgan fingerprint density at radius 3 is 2.79 bits per heavy atom. The number of nitrogens with two attached hydrogens (primary N) is 1. The van der Waals surface area contributed by atoms with Crippen LogP contribution in [0.3, 0.4) is 0 Å². The molecule has 0 aliphatic rings. The van der Waals surface area contributed by atoms with Crippen LogP contribution >= 0.6 is 12.4 Å². The standard InChI is InChI=1S/C12H15N5O.ClH/c1-8-5-11(17(2)16-8)15-12(18)9-3-4-14-10(6-9)7-13;/h3-6H,7,13H2,1-2H3,(H,15,18);1H. The van der Waals surface area contributed by atoms with E-state index in [0.717, 1.165) is 5.69 Å². The molecular weight excluding hydrogens is 266 g/mol. The van der Waals surface area contributed by atoms with Gasteiger partial charge in [-0.3, -0.25) is 14.5 Å². The maximum atomic E-state index is 12.0. The number of amides is 1. The molecule has 0 radical (unpaired) electrons. The Balaban J connectivity index is 0.00000180. The van der Waals surface area contributed by atoms with Gasteiger partial charge in [0.1, 0.15) is 5.82 Å². The van der Waals surface area contributed by atoms with Crippen molar-refractivity contribution < 1.29 is 4.79 Å². The molecule has 19 heavy (non-hydrogen) atoms. The molecule has 0 atom stereocenters. The highest BCUT2D eigenvalue weighted by molar-refractivity contribution is 6.03. The number of nitrogens with one attached hydrogen (secondary N) is 1. The van der Waals surface area contributed by atoms with E-state index in [4.69, 9.17) is 5.73 Å². The Bertz CT molecular complexity index is 581. The SMILES string of the molecule is Cc1cc(NC(=O)c2ccnc(CN)c2)n(C)n1.Cl. The normalized spacial score (nSPS) is 9.84. The second kappa shape index (κ2) is 6.31. The fourth-order valence-electron chi connectivity index (χ4n) is 1.65. The number of halogens is 1.